The molecule has 1 aliphatic rings. The number of para-hydroxylation sites is 1. The maximum absolute atomic E-state index is 6.37. The minimum atomic E-state index is -0.188. The Balaban J connectivity index is 1.95. The summed E-state index contributed by atoms with van der Waals surface area (Å²) in [5.41, 5.74) is 8.64. The average Bonchev–Trinajstić information content (AvgIpc) is 2.90. The standard InChI is InChI=1S/C15H18N2OS/c1-18-12-8-4-2-6-10(12)14(16)15-17-11-7-3-5-9-13(11)19-15/h2,4,6,8,14H,3,5,7,9,16H2,1H3. The van der Waals surface area contributed by atoms with Crippen molar-refractivity contribution in [2.24, 2.45) is 5.73 Å². The van der Waals surface area contributed by atoms with E-state index in [2.05, 4.69) is 0 Å². The van der Waals surface area contributed by atoms with Gasteiger partial charge in [-0.25, -0.2) is 4.98 Å². The maximum atomic E-state index is 6.37. The zero-order valence-electron chi connectivity index (χ0n) is 11.1. The van der Waals surface area contributed by atoms with Crippen LogP contribution in [-0.2, 0) is 12.8 Å². The van der Waals surface area contributed by atoms with E-state index in [1.807, 2.05) is 24.3 Å². The van der Waals surface area contributed by atoms with E-state index < -0.39 is 0 Å². The summed E-state index contributed by atoms with van der Waals surface area (Å²) in [6.07, 6.45) is 4.79. The highest BCUT2D eigenvalue weighted by Crippen LogP contribution is 2.34. The first-order valence-corrected chi connectivity index (χ1v) is 7.48. The van der Waals surface area contributed by atoms with Gasteiger partial charge < -0.3 is 10.5 Å². The maximum Gasteiger partial charge on any atom is 0.124 e. The molecule has 3 nitrogen and oxygen atoms in total. The molecule has 0 saturated carbocycles. The summed E-state index contributed by atoms with van der Waals surface area (Å²) >= 11 is 1.77. The van der Waals surface area contributed by atoms with Crippen molar-refractivity contribution in [3.63, 3.8) is 0 Å². The molecule has 19 heavy (non-hydrogen) atoms. The second kappa shape index (κ2) is 5.31. The van der Waals surface area contributed by atoms with Crippen molar-refractivity contribution in [3.8, 4) is 5.75 Å². The molecule has 2 N–H and O–H groups in total. The lowest BCUT2D eigenvalue weighted by atomic mass is 10.0. The molecule has 1 unspecified atom stereocenters. The lowest BCUT2D eigenvalue weighted by Gasteiger charge is -2.13. The first-order valence-electron chi connectivity index (χ1n) is 6.66. The monoisotopic (exact) mass is 274 g/mol. The number of aryl methyl sites for hydroxylation is 2. The number of methoxy groups -OCH3 is 1. The number of aromatic nitrogens is 1. The molecule has 1 heterocycles. The number of ether oxygens (including phenoxy) is 1. The van der Waals surface area contributed by atoms with Gasteiger partial charge in [0.25, 0.3) is 0 Å². The van der Waals surface area contributed by atoms with Gasteiger partial charge in [0.15, 0.2) is 0 Å². The van der Waals surface area contributed by atoms with E-state index in [9.17, 15) is 0 Å². The summed E-state index contributed by atoms with van der Waals surface area (Å²) in [7, 11) is 1.68. The van der Waals surface area contributed by atoms with Crippen LogP contribution >= 0.6 is 11.3 Å². The lowest BCUT2D eigenvalue weighted by molar-refractivity contribution is 0.408. The molecule has 0 aliphatic heterocycles. The number of nitrogens with zero attached hydrogens (tertiary/aromatic N) is 1. The van der Waals surface area contributed by atoms with Crippen LogP contribution in [-0.4, -0.2) is 12.1 Å². The zero-order chi connectivity index (χ0) is 13.2. The van der Waals surface area contributed by atoms with Crippen molar-refractivity contribution >= 4 is 11.3 Å². The molecule has 0 radical (unpaired) electrons. The van der Waals surface area contributed by atoms with Crippen LogP contribution in [0.15, 0.2) is 24.3 Å². The van der Waals surface area contributed by atoms with Crippen molar-refractivity contribution in [1.29, 1.82) is 0 Å². The second-order valence-corrected chi connectivity index (χ2v) is 5.96. The largest absolute Gasteiger partial charge is 0.496 e. The Labute approximate surface area is 117 Å². The van der Waals surface area contributed by atoms with Crippen LogP contribution < -0.4 is 10.5 Å². The highest BCUT2D eigenvalue weighted by Gasteiger charge is 2.21. The van der Waals surface area contributed by atoms with E-state index in [0.29, 0.717) is 0 Å². The second-order valence-electron chi connectivity index (χ2n) is 4.85. The van der Waals surface area contributed by atoms with E-state index in [1.54, 1.807) is 18.4 Å². The Morgan fingerprint density at radius 1 is 1.26 bits per heavy atom. The van der Waals surface area contributed by atoms with Crippen LogP contribution in [0.4, 0.5) is 0 Å². The molecule has 0 spiro atoms. The van der Waals surface area contributed by atoms with Crippen molar-refractivity contribution in [1.82, 2.24) is 4.98 Å². The van der Waals surface area contributed by atoms with Gasteiger partial charge in [-0.1, -0.05) is 18.2 Å². The minimum Gasteiger partial charge on any atom is -0.496 e. The molecule has 1 aliphatic carbocycles. The molecule has 1 atom stereocenters. The van der Waals surface area contributed by atoms with Gasteiger partial charge in [0.05, 0.1) is 18.8 Å². The number of benzene rings is 1. The Hall–Kier alpha value is -1.39. The summed E-state index contributed by atoms with van der Waals surface area (Å²) in [6, 6.07) is 7.73. The Morgan fingerprint density at radius 2 is 2.05 bits per heavy atom. The van der Waals surface area contributed by atoms with Crippen molar-refractivity contribution in [2.75, 3.05) is 7.11 Å². The predicted octanol–water partition coefficient (Wildman–Crippen LogP) is 3.08. The fourth-order valence-electron chi connectivity index (χ4n) is 2.56. The average molecular weight is 274 g/mol. The Bertz CT molecular complexity index is 556. The number of rotatable bonds is 3. The molecule has 0 saturated heterocycles. The van der Waals surface area contributed by atoms with E-state index in [-0.39, 0.29) is 6.04 Å². The molecular formula is C15H18N2OS. The van der Waals surface area contributed by atoms with Gasteiger partial charge >= 0.3 is 0 Å². The number of fused-ring (bicyclic) bond motifs is 1. The molecule has 100 valence electrons. The Morgan fingerprint density at radius 3 is 2.84 bits per heavy atom. The van der Waals surface area contributed by atoms with Crippen LogP contribution in [0, 0.1) is 0 Å². The smallest absolute Gasteiger partial charge is 0.124 e. The normalized spacial score (nSPS) is 15.9. The van der Waals surface area contributed by atoms with Gasteiger partial charge in [-0.15, -0.1) is 11.3 Å². The van der Waals surface area contributed by atoms with Gasteiger partial charge in [0.1, 0.15) is 10.8 Å². The third-order valence-electron chi connectivity index (χ3n) is 3.60. The molecule has 4 heteroatoms. The van der Waals surface area contributed by atoms with E-state index in [4.69, 9.17) is 15.5 Å². The number of thiazole rings is 1. The fraction of sp³-hybridized carbons (Fsp3) is 0.400. The molecule has 0 amide bonds. The lowest BCUT2D eigenvalue weighted by Crippen LogP contribution is -2.13. The summed E-state index contributed by atoms with van der Waals surface area (Å²) < 4.78 is 5.39. The van der Waals surface area contributed by atoms with Crippen molar-refractivity contribution in [2.45, 2.75) is 31.7 Å². The van der Waals surface area contributed by atoms with Crippen LogP contribution in [0.3, 0.4) is 0 Å². The van der Waals surface area contributed by atoms with Crippen LogP contribution in [0.25, 0.3) is 0 Å². The van der Waals surface area contributed by atoms with E-state index >= 15 is 0 Å². The first kappa shape index (κ1) is 12.6. The number of nitrogens with two attached hydrogens (primary N) is 1. The third-order valence-corrected chi connectivity index (χ3v) is 4.84. The van der Waals surface area contributed by atoms with Crippen LogP contribution in [0.1, 0.15) is 40.0 Å². The summed E-state index contributed by atoms with van der Waals surface area (Å²) in [5.74, 6) is 0.836. The van der Waals surface area contributed by atoms with Gasteiger partial charge in [-0.2, -0.15) is 0 Å². The molecular weight excluding hydrogens is 256 g/mol. The van der Waals surface area contributed by atoms with Gasteiger partial charge in [0.2, 0.25) is 0 Å². The fourth-order valence-corrected chi connectivity index (χ4v) is 3.74. The van der Waals surface area contributed by atoms with Gasteiger partial charge in [-0.05, 0) is 31.7 Å². The van der Waals surface area contributed by atoms with Gasteiger partial charge in [-0.3, -0.25) is 0 Å². The Kier molecular flexibility index (Phi) is 3.53. The molecule has 0 fully saturated rings. The van der Waals surface area contributed by atoms with E-state index in [1.165, 1.54) is 23.4 Å². The minimum absolute atomic E-state index is 0.188. The van der Waals surface area contributed by atoms with E-state index in [0.717, 1.165) is 29.2 Å². The number of hydrogen-bond donors (Lipinski definition) is 1. The van der Waals surface area contributed by atoms with Gasteiger partial charge in [0, 0.05) is 10.4 Å². The first-order chi connectivity index (χ1) is 9.29. The third kappa shape index (κ3) is 2.38. The summed E-state index contributed by atoms with van der Waals surface area (Å²) in [4.78, 5) is 6.16. The van der Waals surface area contributed by atoms with Crippen molar-refractivity contribution < 1.29 is 4.74 Å². The van der Waals surface area contributed by atoms with Crippen molar-refractivity contribution in [3.05, 3.63) is 45.4 Å². The zero-order valence-corrected chi connectivity index (χ0v) is 11.9. The van der Waals surface area contributed by atoms with Crippen LogP contribution in [0.5, 0.6) is 5.75 Å². The summed E-state index contributed by atoms with van der Waals surface area (Å²) in [5, 5.41) is 1.01. The SMILES string of the molecule is COc1ccccc1C(N)c1nc2c(s1)CCCC2. The highest BCUT2D eigenvalue weighted by atomic mass is 32.1. The molecule has 2 aromatic rings. The number of hydrogen-bond acceptors (Lipinski definition) is 4. The van der Waals surface area contributed by atoms with Crippen LogP contribution in [0.2, 0.25) is 0 Å². The highest BCUT2D eigenvalue weighted by molar-refractivity contribution is 7.11. The quantitative estimate of drug-likeness (QED) is 0.935. The molecule has 3 rings (SSSR count). The predicted molar refractivity (Wildman–Crippen MR) is 77.8 cm³/mol. The summed E-state index contributed by atoms with van der Waals surface area (Å²) in [6.45, 7) is 0. The topological polar surface area (TPSA) is 48.1 Å². The molecule has 0 bridgehead atoms. The molecule has 1 aromatic carbocycles. The molecule has 1 aromatic heterocycles.